The third kappa shape index (κ3) is 2.12. The van der Waals surface area contributed by atoms with E-state index in [-0.39, 0.29) is 0 Å². The van der Waals surface area contributed by atoms with Crippen LogP contribution in [-0.4, -0.2) is 41.8 Å². The summed E-state index contributed by atoms with van der Waals surface area (Å²) in [7, 11) is 1.98. The summed E-state index contributed by atoms with van der Waals surface area (Å²) in [5.74, 6) is 3.75. The minimum absolute atomic E-state index is 0.657. The van der Waals surface area contributed by atoms with Gasteiger partial charge in [0.05, 0.1) is 5.69 Å². The molecule has 2 aromatic heterocycles. The highest BCUT2D eigenvalue weighted by atomic mass is 32.2. The van der Waals surface area contributed by atoms with E-state index >= 15 is 0 Å². The Kier molecular flexibility index (Phi) is 3.46. The fraction of sp³-hybridized carbons (Fsp3) is 0.636. The SMILES string of the molecule is Cc1nn(C)c2c1[nH]c(=S)n2CC1CSCCS1. The molecule has 1 saturated heterocycles. The fourth-order valence-corrected chi connectivity index (χ4v) is 5.30. The Hall–Kier alpha value is -0.400. The third-order valence-corrected chi connectivity index (χ3v) is 6.35. The zero-order valence-electron chi connectivity index (χ0n) is 10.5. The van der Waals surface area contributed by atoms with Crippen molar-refractivity contribution in [3.8, 4) is 0 Å². The molecule has 1 N–H and O–H groups in total. The predicted molar refractivity (Wildman–Crippen MR) is 82.2 cm³/mol. The third-order valence-electron chi connectivity index (χ3n) is 3.20. The topological polar surface area (TPSA) is 38.5 Å². The number of nitrogens with zero attached hydrogens (tertiary/aromatic N) is 3. The fourth-order valence-electron chi connectivity index (χ4n) is 2.39. The molecule has 0 radical (unpaired) electrons. The van der Waals surface area contributed by atoms with Crippen molar-refractivity contribution in [3.05, 3.63) is 10.5 Å². The van der Waals surface area contributed by atoms with Gasteiger partial charge >= 0.3 is 0 Å². The lowest BCUT2D eigenvalue weighted by atomic mass is 10.4. The van der Waals surface area contributed by atoms with E-state index in [1.54, 1.807) is 0 Å². The lowest BCUT2D eigenvalue weighted by Gasteiger charge is -2.21. The summed E-state index contributed by atoms with van der Waals surface area (Å²) in [4.78, 5) is 3.28. The molecule has 0 aliphatic carbocycles. The number of rotatable bonds is 2. The minimum atomic E-state index is 0.657. The number of aromatic nitrogens is 4. The highest BCUT2D eigenvalue weighted by Crippen LogP contribution is 2.27. The van der Waals surface area contributed by atoms with E-state index < -0.39 is 0 Å². The van der Waals surface area contributed by atoms with Crippen molar-refractivity contribution in [2.45, 2.75) is 18.7 Å². The summed E-state index contributed by atoms with van der Waals surface area (Å²) in [6.45, 7) is 3.00. The van der Waals surface area contributed by atoms with Crippen molar-refractivity contribution >= 4 is 46.9 Å². The molecule has 1 aliphatic rings. The molecule has 1 unspecified atom stereocenters. The number of thioether (sulfide) groups is 2. The summed E-state index contributed by atoms with van der Waals surface area (Å²) in [6, 6.07) is 0. The second kappa shape index (κ2) is 4.94. The second-order valence-electron chi connectivity index (χ2n) is 4.52. The van der Waals surface area contributed by atoms with E-state index in [2.05, 4.69) is 26.4 Å². The van der Waals surface area contributed by atoms with Crippen LogP contribution in [-0.2, 0) is 13.6 Å². The van der Waals surface area contributed by atoms with E-state index in [0.29, 0.717) is 5.25 Å². The summed E-state index contributed by atoms with van der Waals surface area (Å²) < 4.78 is 4.95. The van der Waals surface area contributed by atoms with Gasteiger partial charge in [0.2, 0.25) is 0 Å². The molecule has 0 saturated carbocycles. The van der Waals surface area contributed by atoms with E-state index in [1.165, 1.54) is 17.3 Å². The van der Waals surface area contributed by atoms with Gasteiger partial charge in [-0.05, 0) is 19.1 Å². The number of imidazole rings is 1. The van der Waals surface area contributed by atoms with E-state index in [1.807, 2.05) is 30.4 Å². The summed E-state index contributed by atoms with van der Waals surface area (Å²) in [5.41, 5.74) is 3.22. The number of fused-ring (bicyclic) bond motifs is 1. The zero-order chi connectivity index (χ0) is 12.7. The monoisotopic (exact) mass is 300 g/mol. The Morgan fingerprint density at radius 3 is 3.06 bits per heavy atom. The molecular weight excluding hydrogens is 284 g/mol. The smallest absolute Gasteiger partial charge is 0.179 e. The van der Waals surface area contributed by atoms with Crippen molar-refractivity contribution in [1.29, 1.82) is 0 Å². The van der Waals surface area contributed by atoms with Gasteiger partial charge in [-0.25, -0.2) is 0 Å². The number of nitrogens with one attached hydrogen (secondary N) is 1. The van der Waals surface area contributed by atoms with Crippen LogP contribution in [0.25, 0.3) is 11.2 Å². The average Bonchev–Trinajstić information content (AvgIpc) is 2.81. The largest absolute Gasteiger partial charge is 0.328 e. The Morgan fingerprint density at radius 1 is 1.50 bits per heavy atom. The van der Waals surface area contributed by atoms with Gasteiger partial charge in [-0.3, -0.25) is 4.68 Å². The molecule has 1 atom stereocenters. The summed E-state index contributed by atoms with van der Waals surface area (Å²) in [6.07, 6.45) is 0. The molecule has 3 heterocycles. The Balaban J connectivity index is 2.00. The van der Waals surface area contributed by atoms with E-state index in [0.717, 1.165) is 28.2 Å². The molecule has 0 bridgehead atoms. The molecule has 2 aromatic rings. The minimum Gasteiger partial charge on any atom is -0.328 e. The molecule has 0 aromatic carbocycles. The van der Waals surface area contributed by atoms with Crippen LogP contribution < -0.4 is 0 Å². The number of hydrogen-bond donors (Lipinski definition) is 1. The van der Waals surface area contributed by atoms with Crippen molar-refractivity contribution in [3.63, 3.8) is 0 Å². The van der Waals surface area contributed by atoms with Crippen LogP contribution in [0.15, 0.2) is 0 Å². The number of H-pyrrole nitrogens is 1. The predicted octanol–water partition coefficient (Wildman–Crippen LogP) is 2.59. The molecule has 3 rings (SSSR count). The van der Waals surface area contributed by atoms with Crippen LogP contribution in [0.4, 0.5) is 0 Å². The van der Waals surface area contributed by atoms with Crippen LogP contribution in [0.5, 0.6) is 0 Å². The van der Waals surface area contributed by atoms with Gasteiger partial charge in [-0.15, -0.1) is 0 Å². The van der Waals surface area contributed by atoms with Crippen LogP contribution in [0.2, 0.25) is 0 Å². The van der Waals surface area contributed by atoms with E-state index in [9.17, 15) is 0 Å². The van der Waals surface area contributed by atoms with Gasteiger partial charge in [0.1, 0.15) is 5.52 Å². The lowest BCUT2D eigenvalue weighted by Crippen LogP contribution is -2.21. The Morgan fingerprint density at radius 2 is 2.33 bits per heavy atom. The first-order chi connectivity index (χ1) is 8.66. The first-order valence-electron chi connectivity index (χ1n) is 5.98. The van der Waals surface area contributed by atoms with Crippen molar-refractivity contribution < 1.29 is 0 Å². The van der Waals surface area contributed by atoms with Gasteiger partial charge in [-0.2, -0.15) is 28.6 Å². The number of aromatic amines is 1. The van der Waals surface area contributed by atoms with Gasteiger partial charge < -0.3 is 9.55 Å². The lowest BCUT2D eigenvalue weighted by molar-refractivity contribution is 0.664. The van der Waals surface area contributed by atoms with Crippen molar-refractivity contribution in [2.75, 3.05) is 17.3 Å². The number of hydrogen-bond acceptors (Lipinski definition) is 4. The number of aryl methyl sites for hydroxylation is 2. The first-order valence-corrected chi connectivity index (χ1v) is 8.59. The van der Waals surface area contributed by atoms with Crippen LogP contribution in [0.3, 0.4) is 0 Å². The maximum Gasteiger partial charge on any atom is 0.179 e. The van der Waals surface area contributed by atoms with Gasteiger partial charge in [0.25, 0.3) is 0 Å². The average molecular weight is 300 g/mol. The quantitative estimate of drug-likeness (QED) is 0.865. The van der Waals surface area contributed by atoms with Gasteiger partial charge in [-0.1, -0.05) is 0 Å². The molecule has 4 nitrogen and oxygen atoms in total. The molecule has 1 aliphatic heterocycles. The van der Waals surface area contributed by atoms with Crippen LogP contribution >= 0.6 is 35.7 Å². The maximum absolute atomic E-state index is 5.44. The van der Waals surface area contributed by atoms with Crippen LogP contribution in [0.1, 0.15) is 5.69 Å². The normalized spacial score (nSPS) is 20.7. The van der Waals surface area contributed by atoms with Gasteiger partial charge in [0, 0.05) is 36.1 Å². The van der Waals surface area contributed by atoms with Crippen molar-refractivity contribution in [2.24, 2.45) is 7.05 Å². The van der Waals surface area contributed by atoms with Gasteiger partial charge in [0.15, 0.2) is 10.4 Å². The first kappa shape index (κ1) is 12.6. The van der Waals surface area contributed by atoms with Crippen molar-refractivity contribution in [1.82, 2.24) is 19.3 Å². The zero-order valence-corrected chi connectivity index (χ0v) is 12.9. The molecule has 7 heteroatoms. The maximum atomic E-state index is 5.44. The molecule has 98 valence electrons. The highest BCUT2D eigenvalue weighted by Gasteiger charge is 2.19. The highest BCUT2D eigenvalue weighted by molar-refractivity contribution is 8.06. The molecule has 0 spiro atoms. The summed E-state index contributed by atoms with van der Waals surface area (Å²) >= 11 is 9.55. The molecule has 1 fully saturated rings. The molecule has 18 heavy (non-hydrogen) atoms. The van der Waals surface area contributed by atoms with E-state index in [4.69, 9.17) is 12.2 Å². The Bertz CT molecular complexity index is 618. The molecular formula is C11H16N4S3. The Labute approximate surface area is 120 Å². The van der Waals surface area contributed by atoms with Crippen LogP contribution in [0, 0.1) is 11.7 Å². The summed E-state index contributed by atoms with van der Waals surface area (Å²) in [5, 5.41) is 5.11. The molecule has 0 amide bonds. The standard InChI is InChI=1S/C11H16N4S3/c1-7-9-10(14(2)13-7)15(11(16)12-9)5-8-6-17-3-4-18-8/h8H,3-6H2,1-2H3,(H,12,16). The second-order valence-corrected chi connectivity index (χ2v) is 7.46.